The molecule has 20 heavy (non-hydrogen) atoms. The number of aliphatic hydroxyl groups excluding tert-OH is 1. The van der Waals surface area contributed by atoms with E-state index in [-0.39, 0.29) is 0 Å². The van der Waals surface area contributed by atoms with Crippen molar-refractivity contribution in [2.24, 2.45) is 5.92 Å². The number of methoxy groups -OCH3 is 1. The van der Waals surface area contributed by atoms with Gasteiger partial charge in [-0.3, -0.25) is 0 Å². The van der Waals surface area contributed by atoms with Gasteiger partial charge in [-0.1, -0.05) is 31.9 Å². The number of rotatable bonds is 5. The van der Waals surface area contributed by atoms with Crippen LogP contribution in [0.5, 0.6) is 5.75 Å². The van der Waals surface area contributed by atoms with Crippen LogP contribution in [0.2, 0.25) is 0 Å². The van der Waals surface area contributed by atoms with Crippen LogP contribution in [0, 0.1) is 5.92 Å². The molecule has 1 N–H and O–H groups in total. The van der Waals surface area contributed by atoms with Gasteiger partial charge in [-0.05, 0) is 43.5 Å². The SMILES string of the molecule is COc1ccc(C(O)CN(C)C2CCCCC2C)cc1. The van der Waals surface area contributed by atoms with E-state index in [1.54, 1.807) is 7.11 Å². The Bertz CT molecular complexity index is 404. The van der Waals surface area contributed by atoms with Gasteiger partial charge in [-0.15, -0.1) is 0 Å². The summed E-state index contributed by atoms with van der Waals surface area (Å²) in [5.41, 5.74) is 0.959. The van der Waals surface area contributed by atoms with Crippen molar-refractivity contribution in [1.82, 2.24) is 4.90 Å². The summed E-state index contributed by atoms with van der Waals surface area (Å²) >= 11 is 0. The van der Waals surface area contributed by atoms with E-state index in [0.717, 1.165) is 17.2 Å². The number of benzene rings is 1. The third-order valence-electron chi connectivity index (χ3n) is 4.59. The average molecular weight is 277 g/mol. The van der Waals surface area contributed by atoms with E-state index in [0.29, 0.717) is 12.6 Å². The first-order valence-corrected chi connectivity index (χ1v) is 7.64. The van der Waals surface area contributed by atoms with Crippen LogP contribution < -0.4 is 4.74 Å². The fourth-order valence-electron chi connectivity index (χ4n) is 3.29. The van der Waals surface area contributed by atoms with Crippen LogP contribution in [0.4, 0.5) is 0 Å². The summed E-state index contributed by atoms with van der Waals surface area (Å²) < 4.78 is 5.15. The second-order valence-corrected chi connectivity index (χ2v) is 6.06. The fourth-order valence-corrected chi connectivity index (χ4v) is 3.29. The van der Waals surface area contributed by atoms with Crippen LogP contribution in [0.25, 0.3) is 0 Å². The molecule has 112 valence electrons. The van der Waals surface area contributed by atoms with Gasteiger partial charge >= 0.3 is 0 Å². The highest BCUT2D eigenvalue weighted by atomic mass is 16.5. The zero-order valence-corrected chi connectivity index (χ0v) is 12.9. The maximum Gasteiger partial charge on any atom is 0.118 e. The standard InChI is InChI=1S/C17H27NO2/c1-13-6-4-5-7-16(13)18(2)12-17(19)14-8-10-15(20-3)11-9-14/h8-11,13,16-17,19H,4-7,12H2,1-3H3. The molecule has 1 aliphatic rings. The van der Waals surface area contributed by atoms with Crippen molar-refractivity contribution < 1.29 is 9.84 Å². The number of ether oxygens (including phenoxy) is 1. The lowest BCUT2D eigenvalue weighted by Crippen LogP contribution is -2.41. The maximum atomic E-state index is 10.4. The summed E-state index contributed by atoms with van der Waals surface area (Å²) in [6.45, 7) is 3.03. The summed E-state index contributed by atoms with van der Waals surface area (Å²) in [6, 6.07) is 8.31. The molecular weight excluding hydrogens is 250 g/mol. The normalized spacial score (nSPS) is 24.6. The Morgan fingerprint density at radius 2 is 1.90 bits per heavy atom. The predicted octanol–water partition coefficient (Wildman–Crippen LogP) is 3.24. The summed E-state index contributed by atoms with van der Waals surface area (Å²) in [7, 11) is 3.79. The van der Waals surface area contributed by atoms with Crippen molar-refractivity contribution in [3.63, 3.8) is 0 Å². The first-order valence-electron chi connectivity index (χ1n) is 7.64. The number of likely N-dealkylation sites (N-methyl/N-ethyl adjacent to an activating group) is 1. The van der Waals surface area contributed by atoms with Crippen LogP contribution in [0.15, 0.2) is 24.3 Å². The van der Waals surface area contributed by atoms with Gasteiger partial charge in [0.1, 0.15) is 5.75 Å². The van der Waals surface area contributed by atoms with E-state index in [2.05, 4.69) is 18.9 Å². The lowest BCUT2D eigenvalue weighted by atomic mass is 9.85. The van der Waals surface area contributed by atoms with Crippen molar-refractivity contribution in [3.05, 3.63) is 29.8 Å². The zero-order chi connectivity index (χ0) is 14.5. The second kappa shape index (κ2) is 7.09. The largest absolute Gasteiger partial charge is 0.497 e. The molecule has 0 spiro atoms. The molecule has 3 unspecified atom stereocenters. The molecule has 0 saturated heterocycles. The van der Waals surface area contributed by atoms with E-state index in [4.69, 9.17) is 4.74 Å². The molecule has 0 aromatic heterocycles. The van der Waals surface area contributed by atoms with Crippen LogP contribution in [-0.4, -0.2) is 36.8 Å². The first-order chi connectivity index (χ1) is 9.61. The minimum Gasteiger partial charge on any atom is -0.497 e. The van der Waals surface area contributed by atoms with Gasteiger partial charge in [0.15, 0.2) is 0 Å². The Morgan fingerprint density at radius 1 is 1.25 bits per heavy atom. The molecule has 1 aromatic rings. The molecule has 2 rings (SSSR count). The zero-order valence-electron chi connectivity index (χ0n) is 12.9. The first kappa shape index (κ1) is 15.3. The van der Waals surface area contributed by atoms with Crippen LogP contribution in [0.3, 0.4) is 0 Å². The van der Waals surface area contributed by atoms with Crippen molar-refractivity contribution in [2.45, 2.75) is 44.8 Å². The van der Waals surface area contributed by atoms with Crippen molar-refractivity contribution in [3.8, 4) is 5.75 Å². The van der Waals surface area contributed by atoms with Gasteiger partial charge < -0.3 is 14.7 Å². The Hall–Kier alpha value is -1.06. The Balaban J connectivity index is 1.93. The molecule has 0 bridgehead atoms. The Labute approximate surface area is 122 Å². The molecular formula is C17H27NO2. The second-order valence-electron chi connectivity index (χ2n) is 6.06. The van der Waals surface area contributed by atoms with Gasteiger partial charge in [-0.2, -0.15) is 0 Å². The van der Waals surface area contributed by atoms with E-state index in [9.17, 15) is 5.11 Å². The minimum absolute atomic E-state index is 0.431. The molecule has 0 amide bonds. The maximum absolute atomic E-state index is 10.4. The molecule has 0 aliphatic heterocycles. The van der Waals surface area contributed by atoms with Gasteiger partial charge in [0.2, 0.25) is 0 Å². The van der Waals surface area contributed by atoms with E-state index in [1.807, 2.05) is 24.3 Å². The minimum atomic E-state index is -0.431. The highest BCUT2D eigenvalue weighted by Crippen LogP contribution is 2.28. The quantitative estimate of drug-likeness (QED) is 0.897. The smallest absolute Gasteiger partial charge is 0.118 e. The van der Waals surface area contributed by atoms with Crippen LogP contribution in [0.1, 0.15) is 44.3 Å². The molecule has 1 fully saturated rings. The molecule has 3 atom stereocenters. The topological polar surface area (TPSA) is 32.7 Å². The third kappa shape index (κ3) is 3.74. The van der Waals surface area contributed by atoms with Gasteiger partial charge in [0, 0.05) is 12.6 Å². The van der Waals surface area contributed by atoms with Crippen LogP contribution in [-0.2, 0) is 0 Å². The van der Waals surface area contributed by atoms with Crippen molar-refractivity contribution >= 4 is 0 Å². The Morgan fingerprint density at radius 3 is 2.50 bits per heavy atom. The van der Waals surface area contributed by atoms with Crippen LogP contribution >= 0.6 is 0 Å². The summed E-state index contributed by atoms with van der Waals surface area (Å²) in [4.78, 5) is 2.33. The van der Waals surface area contributed by atoms with Gasteiger partial charge in [-0.25, -0.2) is 0 Å². The monoisotopic (exact) mass is 277 g/mol. The molecule has 1 aromatic carbocycles. The van der Waals surface area contributed by atoms with E-state index < -0.39 is 6.10 Å². The fraction of sp³-hybridized carbons (Fsp3) is 0.647. The van der Waals surface area contributed by atoms with Crippen molar-refractivity contribution in [2.75, 3.05) is 20.7 Å². The van der Waals surface area contributed by atoms with E-state index >= 15 is 0 Å². The number of aliphatic hydroxyl groups is 1. The lowest BCUT2D eigenvalue weighted by molar-refractivity contribution is 0.0710. The third-order valence-corrected chi connectivity index (χ3v) is 4.59. The number of nitrogens with zero attached hydrogens (tertiary/aromatic N) is 1. The highest BCUT2D eigenvalue weighted by molar-refractivity contribution is 5.28. The van der Waals surface area contributed by atoms with Crippen molar-refractivity contribution in [1.29, 1.82) is 0 Å². The molecule has 3 nitrogen and oxygen atoms in total. The number of hydrogen-bond acceptors (Lipinski definition) is 3. The highest BCUT2D eigenvalue weighted by Gasteiger charge is 2.26. The van der Waals surface area contributed by atoms with Gasteiger partial charge in [0.25, 0.3) is 0 Å². The lowest BCUT2D eigenvalue weighted by Gasteiger charge is -2.37. The molecule has 0 heterocycles. The molecule has 1 saturated carbocycles. The average Bonchev–Trinajstić information content (AvgIpc) is 2.47. The summed E-state index contributed by atoms with van der Waals surface area (Å²) in [5, 5.41) is 10.4. The molecule has 0 radical (unpaired) electrons. The molecule has 1 aliphatic carbocycles. The Kier molecular flexibility index (Phi) is 5.44. The summed E-state index contributed by atoms with van der Waals surface area (Å²) in [5.74, 6) is 1.56. The summed E-state index contributed by atoms with van der Waals surface area (Å²) in [6.07, 6.45) is 4.81. The number of hydrogen-bond donors (Lipinski definition) is 1. The van der Waals surface area contributed by atoms with E-state index in [1.165, 1.54) is 25.7 Å². The van der Waals surface area contributed by atoms with Gasteiger partial charge in [0.05, 0.1) is 13.2 Å². The predicted molar refractivity (Wildman–Crippen MR) is 82.0 cm³/mol. The molecule has 3 heteroatoms.